The van der Waals surface area contributed by atoms with Crippen LogP contribution >= 0.6 is 0 Å². The van der Waals surface area contributed by atoms with Gasteiger partial charge in [0.1, 0.15) is 5.78 Å². The fraction of sp³-hybridized carbons (Fsp3) is 0.875. The number of Topliss-reactive ketones (excluding diaryl/α,β-unsaturated/α-hetero) is 1. The number of alkyl halides is 6. The quantitative estimate of drug-likeness (QED) is 0.303. The van der Waals surface area contributed by atoms with Crippen molar-refractivity contribution in [1.82, 2.24) is 0 Å². The first kappa shape index (κ1) is 28.1. The molecule has 0 saturated heterocycles. The number of halogens is 6. The molecular weight excluding hydrogens is 450 g/mol. The Bertz CT molecular complexity index is 722. The monoisotopic (exact) mass is 486 g/mol. The van der Waals surface area contributed by atoms with Crippen LogP contribution in [-0.2, 0) is 4.79 Å². The van der Waals surface area contributed by atoms with Crippen molar-refractivity contribution in [2.75, 3.05) is 0 Å². The Morgan fingerprint density at radius 3 is 2.09 bits per heavy atom. The molecule has 2 saturated carbocycles. The van der Waals surface area contributed by atoms with Gasteiger partial charge >= 0.3 is 12.4 Å². The highest BCUT2D eigenvalue weighted by atomic mass is 19.4. The summed E-state index contributed by atoms with van der Waals surface area (Å²) < 4.78 is 78.6. The minimum absolute atomic E-state index is 0.0735. The molecule has 3 nitrogen and oxygen atoms in total. The van der Waals surface area contributed by atoms with Crippen molar-refractivity contribution in [2.24, 2.45) is 22.7 Å². The van der Waals surface area contributed by atoms with Gasteiger partial charge in [-0.05, 0) is 81.6 Å². The van der Waals surface area contributed by atoms with Crippen molar-refractivity contribution in [3.05, 3.63) is 12.2 Å². The van der Waals surface area contributed by atoms with Gasteiger partial charge in [0.2, 0.25) is 0 Å². The molecule has 0 heterocycles. The molecule has 2 rings (SSSR count). The van der Waals surface area contributed by atoms with Crippen LogP contribution in [0.15, 0.2) is 12.2 Å². The maximum Gasteiger partial charge on any atom is 0.429 e. The molecule has 33 heavy (non-hydrogen) atoms. The molecule has 9 heteroatoms. The Morgan fingerprint density at radius 1 is 1.00 bits per heavy atom. The van der Waals surface area contributed by atoms with Crippen LogP contribution in [0.4, 0.5) is 26.3 Å². The maximum absolute atomic E-state index is 13.1. The second-order valence-electron chi connectivity index (χ2n) is 11.2. The first-order chi connectivity index (χ1) is 14.8. The second-order valence-corrected chi connectivity index (χ2v) is 11.2. The van der Waals surface area contributed by atoms with Crippen molar-refractivity contribution < 1.29 is 41.4 Å². The molecule has 0 bridgehead atoms. The summed E-state index contributed by atoms with van der Waals surface area (Å²) in [5, 5.41) is 19.6. The topological polar surface area (TPSA) is 57.5 Å². The molecule has 192 valence electrons. The normalized spacial score (nSPS) is 29.4. The van der Waals surface area contributed by atoms with Crippen LogP contribution in [0.2, 0.25) is 0 Å². The van der Waals surface area contributed by atoms with Crippen molar-refractivity contribution in [1.29, 1.82) is 0 Å². The average molecular weight is 487 g/mol. The molecule has 0 spiro atoms. The van der Waals surface area contributed by atoms with Gasteiger partial charge in [-0.3, -0.25) is 4.79 Å². The molecule has 0 radical (unpaired) electrons. The van der Waals surface area contributed by atoms with E-state index in [1.54, 1.807) is 13.8 Å². The summed E-state index contributed by atoms with van der Waals surface area (Å²) in [5.41, 5.74) is -6.93. The minimum atomic E-state index is -5.90. The van der Waals surface area contributed by atoms with Gasteiger partial charge in [-0.15, -0.1) is 0 Å². The summed E-state index contributed by atoms with van der Waals surface area (Å²) in [6.45, 7) is 7.15. The zero-order valence-electron chi connectivity index (χ0n) is 19.7. The van der Waals surface area contributed by atoms with Crippen LogP contribution in [0.3, 0.4) is 0 Å². The van der Waals surface area contributed by atoms with Gasteiger partial charge in [0.15, 0.2) is 0 Å². The van der Waals surface area contributed by atoms with E-state index in [0.29, 0.717) is 38.5 Å². The van der Waals surface area contributed by atoms with E-state index >= 15 is 0 Å². The number of aliphatic hydroxyl groups is 2. The lowest BCUT2D eigenvalue weighted by Crippen LogP contribution is -2.55. The van der Waals surface area contributed by atoms with Crippen LogP contribution in [0.5, 0.6) is 0 Å². The highest BCUT2D eigenvalue weighted by Gasteiger charge is 2.69. The van der Waals surface area contributed by atoms with E-state index in [0.717, 1.165) is 18.9 Å². The van der Waals surface area contributed by atoms with Crippen molar-refractivity contribution >= 4 is 5.78 Å². The van der Waals surface area contributed by atoms with Gasteiger partial charge in [0.05, 0.1) is 5.60 Å². The lowest BCUT2D eigenvalue weighted by Gasteiger charge is -2.48. The van der Waals surface area contributed by atoms with Crippen molar-refractivity contribution in [3.63, 3.8) is 0 Å². The molecule has 0 aromatic carbocycles. The standard InChI is InChI=1S/C24H36F6O3/c1-19(2,32)11-6-12-20(3,13-7-15-22(33,23(25,26)27)24(28,29)30)18-10-9-16-17(31)8-5-14-21(16,18)4/h7,15-16,18,32-33H,5-6,8-14H2,1-4H3/b15-7+. The van der Waals surface area contributed by atoms with Crippen LogP contribution < -0.4 is 0 Å². The van der Waals surface area contributed by atoms with Gasteiger partial charge < -0.3 is 10.2 Å². The Balaban J connectivity index is 2.36. The van der Waals surface area contributed by atoms with Crippen molar-refractivity contribution in [2.45, 2.75) is 109 Å². The lowest BCUT2D eigenvalue weighted by atomic mass is 9.56. The molecule has 2 fully saturated rings. The van der Waals surface area contributed by atoms with E-state index in [1.807, 2.05) is 13.8 Å². The SMILES string of the molecule is CC(C)(O)CCCC(C)(C/C=C/C(O)(C(F)(F)F)C(F)(F)F)C1CCC2C(=O)CCCC21C. The summed E-state index contributed by atoms with van der Waals surface area (Å²) in [6, 6.07) is 0. The molecule has 4 atom stereocenters. The number of rotatable bonds is 8. The third-order valence-corrected chi connectivity index (χ3v) is 8.05. The Kier molecular flexibility index (Phi) is 7.82. The maximum atomic E-state index is 13.1. The molecule has 2 aliphatic carbocycles. The zero-order valence-corrected chi connectivity index (χ0v) is 19.7. The smallest absolute Gasteiger partial charge is 0.390 e. The summed E-state index contributed by atoms with van der Waals surface area (Å²) in [7, 11) is 0. The van der Waals surface area contributed by atoms with Gasteiger partial charge in [-0.2, -0.15) is 26.3 Å². The molecular formula is C24H36F6O3. The molecule has 0 aliphatic heterocycles. The molecule has 0 amide bonds. The Labute approximate surface area is 191 Å². The number of fused-ring (bicyclic) bond motifs is 1. The van der Waals surface area contributed by atoms with Crippen LogP contribution in [0.1, 0.15) is 85.5 Å². The minimum Gasteiger partial charge on any atom is -0.390 e. The number of carbonyl (C=O) groups is 1. The van der Waals surface area contributed by atoms with Crippen LogP contribution in [0.25, 0.3) is 0 Å². The largest absolute Gasteiger partial charge is 0.429 e. The van der Waals surface area contributed by atoms with Gasteiger partial charge in [-0.25, -0.2) is 0 Å². The predicted molar refractivity (Wildman–Crippen MR) is 112 cm³/mol. The van der Waals surface area contributed by atoms with E-state index < -0.39 is 29.0 Å². The summed E-state index contributed by atoms with van der Waals surface area (Å²) in [6.07, 6.45) is -6.52. The average Bonchev–Trinajstić information content (AvgIpc) is 2.97. The lowest BCUT2D eigenvalue weighted by molar-refractivity contribution is -0.347. The van der Waals surface area contributed by atoms with E-state index in [1.165, 1.54) is 0 Å². The number of allylic oxidation sites excluding steroid dienone is 1. The van der Waals surface area contributed by atoms with E-state index in [9.17, 15) is 41.4 Å². The Hall–Kier alpha value is -1.09. The molecule has 0 aromatic heterocycles. The van der Waals surface area contributed by atoms with Gasteiger partial charge in [0, 0.05) is 12.3 Å². The number of hydrogen-bond donors (Lipinski definition) is 2. The van der Waals surface area contributed by atoms with Crippen LogP contribution in [-0.4, -0.2) is 39.6 Å². The first-order valence-electron chi connectivity index (χ1n) is 11.6. The summed E-state index contributed by atoms with van der Waals surface area (Å²) in [5.74, 6) is -0.0316. The van der Waals surface area contributed by atoms with Gasteiger partial charge in [0.25, 0.3) is 5.60 Å². The number of ketones is 1. The first-order valence-corrected chi connectivity index (χ1v) is 11.6. The van der Waals surface area contributed by atoms with E-state index in [2.05, 4.69) is 0 Å². The number of carbonyl (C=O) groups excluding carboxylic acids is 1. The van der Waals surface area contributed by atoms with Crippen molar-refractivity contribution in [3.8, 4) is 0 Å². The van der Waals surface area contributed by atoms with E-state index in [4.69, 9.17) is 0 Å². The fourth-order valence-corrected chi connectivity index (χ4v) is 6.27. The highest BCUT2D eigenvalue weighted by Crippen LogP contribution is 2.61. The third-order valence-electron chi connectivity index (χ3n) is 8.05. The molecule has 4 unspecified atom stereocenters. The molecule has 2 N–H and O–H groups in total. The predicted octanol–water partition coefficient (Wildman–Crippen LogP) is 6.52. The summed E-state index contributed by atoms with van der Waals surface area (Å²) in [4.78, 5) is 12.5. The zero-order chi connectivity index (χ0) is 25.5. The molecule has 0 aromatic rings. The van der Waals surface area contributed by atoms with Gasteiger partial charge in [-0.1, -0.05) is 26.3 Å². The Morgan fingerprint density at radius 2 is 1.58 bits per heavy atom. The highest BCUT2D eigenvalue weighted by molar-refractivity contribution is 5.83. The third kappa shape index (κ3) is 5.77. The van der Waals surface area contributed by atoms with E-state index in [-0.39, 0.29) is 35.5 Å². The number of hydrogen-bond acceptors (Lipinski definition) is 3. The molecule has 2 aliphatic rings. The van der Waals surface area contributed by atoms with Crippen LogP contribution in [0, 0.1) is 22.7 Å². The fourth-order valence-electron chi connectivity index (χ4n) is 6.27. The second kappa shape index (κ2) is 9.17. The summed E-state index contributed by atoms with van der Waals surface area (Å²) >= 11 is 0.